The van der Waals surface area contributed by atoms with Crippen molar-refractivity contribution >= 4 is 32.9 Å². The van der Waals surface area contributed by atoms with Crippen LogP contribution in [0.15, 0.2) is 18.2 Å². The molecule has 156 valence electrons. The van der Waals surface area contributed by atoms with Gasteiger partial charge < -0.3 is 19.9 Å². The predicted molar refractivity (Wildman–Crippen MR) is 117 cm³/mol. The zero-order chi connectivity index (χ0) is 20.1. The highest BCUT2D eigenvalue weighted by Gasteiger charge is 2.33. The molecule has 0 spiro atoms. The molecule has 28 heavy (non-hydrogen) atoms. The maximum absolute atomic E-state index is 12.0. The zero-order valence-corrected chi connectivity index (χ0v) is 18.5. The molecule has 0 unspecified atom stereocenters. The molecule has 0 amide bonds. The largest absolute Gasteiger partial charge is 0.370 e. The van der Waals surface area contributed by atoms with E-state index in [4.69, 9.17) is 17.0 Å². The molecule has 2 saturated heterocycles. The molecule has 0 bridgehead atoms. The van der Waals surface area contributed by atoms with Crippen molar-refractivity contribution < 1.29 is 18.1 Å². The van der Waals surface area contributed by atoms with E-state index in [0.717, 1.165) is 51.5 Å². The number of anilines is 1. The lowest BCUT2D eigenvalue weighted by Gasteiger charge is -2.32. The molecule has 2 heterocycles. The Morgan fingerprint density at radius 2 is 2.07 bits per heavy atom. The second kappa shape index (κ2) is 9.52. The molecular formula is C20H32N3O3S2+. The van der Waals surface area contributed by atoms with Crippen molar-refractivity contribution in [3.63, 3.8) is 0 Å². The van der Waals surface area contributed by atoms with Crippen molar-refractivity contribution in [3.8, 4) is 0 Å². The van der Waals surface area contributed by atoms with Gasteiger partial charge in [0.1, 0.15) is 13.1 Å². The van der Waals surface area contributed by atoms with Gasteiger partial charge in [0.15, 0.2) is 14.9 Å². The van der Waals surface area contributed by atoms with Crippen LogP contribution in [0, 0.1) is 13.8 Å². The number of rotatable bonds is 6. The second-order valence-electron chi connectivity index (χ2n) is 7.89. The first-order chi connectivity index (χ1) is 13.4. The van der Waals surface area contributed by atoms with Gasteiger partial charge in [0.05, 0.1) is 31.3 Å². The Labute approximate surface area is 174 Å². The first-order valence-electron chi connectivity index (χ1n) is 10.1. The first-order valence-corrected chi connectivity index (χ1v) is 12.3. The van der Waals surface area contributed by atoms with Gasteiger partial charge in [-0.2, -0.15) is 0 Å². The summed E-state index contributed by atoms with van der Waals surface area (Å²) in [5, 5.41) is 4.01. The lowest BCUT2D eigenvalue weighted by molar-refractivity contribution is -0.908. The molecule has 2 aliphatic rings. The third-order valence-corrected chi connectivity index (χ3v) is 7.97. The van der Waals surface area contributed by atoms with Crippen LogP contribution in [0.25, 0.3) is 0 Å². The summed E-state index contributed by atoms with van der Waals surface area (Å²) in [5.74, 6) is 0.459. The van der Waals surface area contributed by atoms with E-state index in [-0.39, 0.29) is 17.5 Å². The minimum absolute atomic E-state index is 0.0326. The molecule has 0 aromatic heterocycles. The quantitative estimate of drug-likeness (QED) is 0.656. The van der Waals surface area contributed by atoms with E-state index in [9.17, 15) is 8.42 Å². The molecule has 3 rings (SSSR count). The molecule has 2 N–H and O–H groups in total. The summed E-state index contributed by atoms with van der Waals surface area (Å²) in [6, 6.07) is 6.08. The van der Waals surface area contributed by atoms with E-state index in [1.807, 2.05) is 12.1 Å². The van der Waals surface area contributed by atoms with Gasteiger partial charge in [0.25, 0.3) is 0 Å². The highest BCUT2D eigenvalue weighted by atomic mass is 32.2. The van der Waals surface area contributed by atoms with Crippen LogP contribution in [0.3, 0.4) is 0 Å². The fourth-order valence-corrected chi connectivity index (χ4v) is 6.04. The maximum Gasteiger partial charge on any atom is 0.173 e. The summed E-state index contributed by atoms with van der Waals surface area (Å²) in [4.78, 5) is 3.67. The van der Waals surface area contributed by atoms with Crippen LogP contribution in [0.1, 0.15) is 24.0 Å². The first kappa shape index (κ1) is 21.5. The van der Waals surface area contributed by atoms with Crippen LogP contribution < -0.4 is 10.2 Å². The number of hydrogen-bond acceptors (Lipinski definition) is 4. The van der Waals surface area contributed by atoms with Gasteiger partial charge in [0.2, 0.25) is 0 Å². The summed E-state index contributed by atoms with van der Waals surface area (Å²) in [6.07, 6.45) is 1.64. The van der Waals surface area contributed by atoms with Crippen molar-refractivity contribution in [2.24, 2.45) is 0 Å². The lowest BCUT2D eigenvalue weighted by atomic mass is 10.1. The van der Waals surface area contributed by atoms with Gasteiger partial charge in [-0.3, -0.25) is 0 Å². The number of hydrogen-bond donors (Lipinski definition) is 2. The average Bonchev–Trinajstić information content (AvgIpc) is 3.03. The van der Waals surface area contributed by atoms with E-state index < -0.39 is 9.84 Å². The second-order valence-corrected chi connectivity index (χ2v) is 10.5. The molecule has 2 aliphatic heterocycles. The minimum Gasteiger partial charge on any atom is -0.370 e. The molecule has 1 aromatic rings. The number of morpholine rings is 1. The minimum atomic E-state index is -2.96. The van der Waals surface area contributed by atoms with Gasteiger partial charge in [-0.25, -0.2) is 8.42 Å². The van der Waals surface area contributed by atoms with E-state index >= 15 is 0 Å². The summed E-state index contributed by atoms with van der Waals surface area (Å²) in [5.41, 5.74) is 3.37. The predicted octanol–water partition coefficient (Wildman–Crippen LogP) is 0.795. The van der Waals surface area contributed by atoms with E-state index in [0.29, 0.717) is 11.5 Å². The lowest BCUT2D eigenvalue weighted by Crippen LogP contribution is -3.14. The fourth-order valence-electron chi connectivity index (χ4n) is 3.95. The number of ether oxygens (including phenoxy) is 1. The van der Waals surface area contributed by atoms with Crippen LogP contribution in [0.4, 0.5) is 5.69 Å². The molecule has 1 atom stereocenters. The molecule has 6 nitrogen and oxygen atoms in total. The summed E-state index contributed by atoms with van der Waals surface area (Å²) in [6.45, 7) is 9.74. The molecule has 0 radical (unpaired) electrons. The van der Waals surface area contributed by atoms with Crippen LogP contribution in [0.5, 0.6) is 0 Å². The van der Waals surface area contributed by atoms with E-state index in [1.165, 1.54) is 11.1 Å². The maximum atomic E-state index is 12.0. The average molecular weight is 427 g/mol. The highest BCUT2D eigenvalue weighted by Crippen LogP contribution is 2.22. The van der Waals surface area contributed by atoms with Gasteiger partial charge in [0, 0.05) is 24.7 Å². The summed E-state index contributed by atoms with van der Waals surface area (Å²) in [7, 11) is -2.96. The number of sulfone groups is 1. The SMILES string of the molecule is Cc1cccc(NC(=S)N(CCC[NH+]2CCOCC2)[C@@H]2CCS(=O)(=O)C2)c1C. The molecule has 1 aromatic carbocycles. The van der Waals surface area contributed by atoms with Crippen molar-refractivity contribution in [2.45, 2.75) is 32.7 Å². The van der Waals surface area contributed by atoms with Crippen molar-refractivity contribution in [1.82, 2.24) is 4.90 Å². The monoisotopic (exact) mass is 426 g/mol. The van der Waals surface area contributed by atoms with Crippen LogP contribution in [0.2, 0.25) is 0 Å². The normalized spacial score (nSPS) is 22.1. The summed E-state index contributed by atoms with van der Waals surface area (Å²) >= 11 is 5.73. The van der Waals surface area contributed by atoms with Crippen LogP contribution in [-0.4, -0.2) is 75.4 Å². The van der Waals surface area contributed by atoms with Gasteiger partial charge in [-0.05, 0) is 49.7 Å². The zero-order valence-electron chi connectivity index (χ0n) is 16.9. The van der Waals surface area contributed by atoms with Crippen molar-refractivity contribution in [2.75, 3.05) is 56.2 Å². The van der Waals surface area contributed by atoms with Crippen LogP contribution in [-0.2, 0) is 14.6 Å². The van der Waals surface area contributed by atoms with E-state index in [1.54, 1.807) is 4.90 Å². The Kier molecular flexibility index (Phi) is 7.31. The third-order valence-electron chi connectivity index (χ3n) is 5.89. The number of nitrogens with one attached hydrogen (secondary N) is 2. The summed E-state index contributed by atoms with van der Waals surface area (Å²) < 4.78 is 29.5. The highest BCUT2D eigenvalue weighted by molar-refractivity contribution is 7.91. The number of nitrogens with zero attached hydrogens (tertiary/aromatic N) is 1. The van der Waals surface area contributed by atoms with Crippen molar-refractivity contribution in [3.05, 3.63) is 29.3 Å². The number of quaternary nitrogens is 1. The number of benzene rings is 1. The molecule has 2 fully saturated rings. The van der Waals surface area contributed by atoms with Crippen molar-refractivity contribution in [1.29, 1.82) is 0 Å². The van der Waals surface area contributed by atoms with Gasteiger partial charge >= 0.3 is 0 Å². The van der Waals surface area contributed by atoms with E-state index in [2.05, 4.69) is 30.1 Å². The Morgan fingerprint density at radius 1 is 1.32 bits per heavy atom. The standard InChI is InChI=1S/C20H31N3O3S2/c1-16-5-3-6-19(17(16)2)21-20(27)23(18-7-14-28(24,25)15-18)9-4-8-22-10-12-26-13-11-22/h3,5-6,18H,4,7-15H2,1-2H3,(H,21,27)/p+1/t18-/m1/s1. The fraction of sp³-hybridized carbons (Fsp3) is 0.650. The van der Waals surface area contributed by atoms with Gasteiger partial charge in [-0.1, -0.05) is 12.1 Å². The molecular weight excluding hydrogens is 394 g/mol. The Hall–Kier alpha value is -1.22. The molecule has 0 saturated carbocycles. The Morgan fingerprint density at radius 3 is 2.75 bits per heavy atom. The Balaban J connectivity index is 1.66. The van der Waals surface area contributed by atoms with Crippen LogP contribution >= 0.6 is 12.2 Å². The molecule has 8 heteroatoms. The number of thiocarbonyl (C=S) groups is 1. The van der Waals surface area contributed by atoms with Gasteiger partial charge in [-0.15, -0.1) is 0 Å². The Bertz CT molecular complexity index is 792. The molecule has 0 aliphatic carbocycles. The smallest absolute Gasteiger partial charge is 0.173 e. The number of aryl methyl sites for hydroxylation is 1. The third kappa shape index (κ3) is 5.65. The topological polar surface area (TPSA) is 63.1 Å².